The van der Waals surface area contributed by atoms with Crippen LogP contribution >= 0.6 is 23.6 Å². The average molecular weight is 425 g/mol. The van der Waals surface area contributed by atoms with E-state index in [1.807, 2.05) is 31.2 Å². The third kappa shape index (κ3) is 3.93. The molecule has 2 aromatic carbocycles. The van der Waals surface area contributed by atoms with Crippen LogP contribution in [0, 0.1) is 6.92 Å². The molecule has 0 aliphatic carbocycles. The van der Waals surface area contributed by atoms with Crippen molar-refractivity contribution in [3.63, 3.8) is 0 Å². The minimum absolute atomic E-state index is 0.185. The van der Waals surface area contributed by atoms with Gasteiger partial charge in [0.1, 0.15) is 10.8 Å². The molecule has 0 fully saturated rings. The molecule has 0 spiro atoms. The Hall–Kier alpha value is -3.37. The first kappa shape index (κ1) is 19.0. The smallest absolute Gasteiger partial charge is 0.257 e. The Morgan fingerprint density at radius 2 is 2.00 bits per heavy atom. The van der Waals surface area contributed by atoms with Crippen molar-refractivity contribution in [1.29, 1.82) is 0 Å². The molecular formula is C19H16N6O2S2. The Morgan fingerprint density at radius 3 is 2.79 bits per heavy atom. The number of aromatic nitrogens is 4. The second-order valence-electron chi connectivity index (χ2n) is 6.03. The predicted molar refractivity (Wildman–Crippen MR) is 116 cm³/mol. The van der Waals surface area contributed by atoms with Crippen molar-refractivity contribution < 1.29 is 9.53 Å². The number of para-hydroxylation sites is 1. The van der Waals surface area contributed by atoms with Crippen molar-refractivity contribution in [3.8, 4) is 16.3 Å². The lowest BCUT2D eigenvalue weighted by Crippen LogP contribution is -2.34. The molecule has 2 aromatic heterocycles. The highest BCUT2D eigenvalue weighted by molar-refractivity contribution is 7.80. The maximum absolute atomic E-state index is 12.5. The van der Waals surface area contributed by atoms with Gasteiger partial charge in [-0.05, 0) is 49.5 Å². The molecule has 0 atom stereocenters. The largest absolute Gasteiger partial charge is 0.497 e. The second-order valence-corrected chi connectivity index (χ2v) is 7.40. The highest BCUT2D eigenvalue weighted by Crippen LogP contribution is 2.31. The van der Waals surface area contributed by atoms with Crippen molar-refractivity contribution in [2.24, 2.45) is 0 Å². The van der Waals surface area contributed by atoms with Gasteiger partial charge in [0.25, 0.3) is 5.91 Å². The van der Waals surface area contributed by atoms with Crippen LogP contribution in [0.3, 0.4) is 0 Å². The number of carbonyl (C=O) groups excluding carboxylic acids is 1. The Labute approximate surface area is 175 Å². The SMILES string of the molecule is COc1cccc(C(=O)NC(=S)Nc2ccccc2-c2nn3c(C)nnc3s2)c1. The normalized spacial score (nSPS) is 10.7. The van der Waals surface area contributed by atoms with Crippen LogP contribution in [0.15, 0.2) is 48.5 Å². The summed E-state index contributed by atoms with van der Waals surface area (Å²) in [6, 6.07) is 14.4. The number of ether oxygens (including phenoxy) is 1. The summed E-state index contributed by atoms with van der Waals surface area (Å²) in [5, 5.41) is 19.4. The zero-order valence-corrected chi connectivity index (χ0v) is 17.2. The summed E-state index contributed by atoms with van der Waals surface area (Å²) in [7, 11) is 1.55. The fourth-order valence-electron chi connectivity index (χ4n) is 2.70. The highest BCUT2D eigenvalue weighted by Gasteiger charge is 2.15. The van der Waals surface area contributed by atoms with E-state index in [-0.39, 0.29) is 11.0 Å². The molecule has 10 heteroatoms. The van der Waals surface area contributed by atoms with Gasteiger partial charge in [0, 0.05) is 11.1 Å². The summed E-state index contributed by atoms with van der Waals surface area (Å²) < 4.78 is 6.85. The molecule has 0 unspecified atom stereocenters. The summed E-state index contributed by atoms with van der Waals surface area (Å²) in [5.41, 5.74) is 2.03. The van der Waals surface area contributed by atoms with E-state index >= 15 is 0 Å². The van der Waals surface area contributed by atoms with E-state index in [1.54, 1.807) is 35.9 Å². The summed E-state index contributed by atoms with van der Waals surface area (Å²) in [4.78, 5) is 13.2. The molecule has 8 nitrogen and oxygen atoms in total. The highest BCUT2D eigenvalue weighted by atomic mass is 32.1. The number of methoxy groups -OCH3 is 1. The molecule has 0 radical (unpaired) electrons. The average Bonchev–Trinajstić information content (AvgIpc) is 3.30. The summed E-state index contributed by atoms with van der Waals surface area (Å²) >= 11 is 6.75. The molecular weight excluding hydrogens is 408 g/mol. The minimum atomic E-state index is -0.326. The lowest BCUT2D eigenvalue weighted by atomic mass is 10.2. The topological polar surface area (TPSA) is 93.4 Å². The molecule has 29 heavy (non-hydrogen) atoms. The molecule has 4 rings (SSSR count). The number of rotatable bonds is 4. The number of benzene rings is 2. The first-order valence-electron chi connectivity index (χ1n) is 8.60. The van der Waals surface area contributed by atoms with Crippen LogP contribution in [0.4, 0.5) is 5.69 Å². The van der Waals surface area contributed by atoms with E-state index in [0.29, 0.717) is 22.1 Å². The predicted octanol–water partition coefficient (Wildman–Crippen LogP) is 3.30. The molecule has 1 amide bonds. The fourth-order valence-corrected chi connectivity index (χ4v) is 3.82. The quantitative estimate of drug-likeness (QED) is 0.486. The number of nitrogens with one attached hydrogen (secondary N) is 2. The number of nitrogens with zero attached hydrogens (tertiary/aromatic N) is 4. The minimum Gasteiger partial charge on any atom is -0.497 e. The Kier molecular flexibility index (Phi) is 5.19. The van der Waals surface area contributed by atoms with Crippen LogP contribution in [0.2, 0.25) is 0 Å². The van der Waals surface area contributed by atoms with E-state index < -0.39 is 0 Å². The van der Waals surface area contributed by atoms with E-state index in [4.69, 9.17) is 17.0 Å². The number of carbonyl (C=O) groups is 1. The summed E-state index contributed by atoms with van der Waals surface area (Å²) in [5.74, 6) is 0.989. The van der Waals surface area contributed by atoms with Gasteiger partial charge in [-0.3, -0.25) is 10.1 Å². The number of aryl methyl sites for hydroxylation is 1. The van der Waals surface area contributed by atoms with Crippen LogP contribution < -0.4 is 15.4 Å². The molecule has 0 aliphatic heterocycles. The number of thiocarbonyl (C=S) groups is 1. The lowest BCUT2D eigenvalue weighted by Gasteiger charge is -2.12. The molecule has 2 heterocycles. The number of fused-ring (bicyclic) bond motifs is 1. The zero-order valence-electron chi connectivity index (χ0n) is 15.5. The molecule has 146 valence electrons. The van der Waals surface area contributed by atoms with Crippen molar-refractivity contribution in [1.82, 2.24) is 25.1 Å². The van der Waals surface area contributed by atoms with Gasteiger partial charge in [-0.15, -0.1) is 10.2 Å². The Bertz CT molecular complexity index is 1220. The monoisotopic (exact) mass is 424 g/mol. The van der Waals surface area contributed by atoms with Gasteiger partial charge in [-0.1, -0.05) is 29.5 Å². The molecule has 0 bridgehead atoms. The van der Waals surface area contributed by atoms with Gasteiger partial charge < -0.3 is 10.1 Å². The maximum Gasteiger partial charge on any atom is 0.257 e. The first-order valence-corrected chi connectivity index (χ1v) is 9.82. The van der Waals surface area contributed by atoms with E-state index in [2.05, 4.69) is 25.9 Å². The van der Waals surface area contributed by atoms with Gasteiger partial charge in [0.15, 0.2) is 10.9 Å². The number of amides is 1. The standard InChI is InChI=1S/C19H16N6O2S2/c1-11-22-23-19-25(11)24-17(29-19)14-8-3-4-9-15(14)20-18(28)21-16(26)12-6-5-7-13(10-12)27-2/h3-10H,1-2H3,(H2,20,21,26,28). The van der Waals surface area contributed by atoms with E-state index in [1.165, 1.54) is 11.3 Å². The number of hydrogen-bond donors (Lipinski definition) is 2. The van der Waals surface area contributed by atoms with Crippen LogP contribution in [-0.4, -0.2) is 37.9 Å². The van der Waals surface area contributed by atoms with Crippen LogP contribution in [0.1, 0.15) is 16.2 Å². The van der Waals surface area contributed by atoms with Gasteiger partial charge in [-0.2, -0.15) is 9.61 Å². The zero-order chi connectivity index (χ0) is 20.4. The number of hydrogen-bond acceptors (Lipinski definition) is 7. The molecule has 0 aliphatic rings. The van der Waals surface area contributed by atoms with Gasteiger partial charge in [0.2, 0.25) is 4.96 Å². The molecule has 4 aromatic rings. The lowest BCUT2D eigenvalue weighted by molar-refractivity contribution is 0.0977. The third-order valence-electron chi connectivity index (χ3n) is 4.11. The Morgan fingerprint density at radius 1 is 1.17 bits per heavy atom. The van der Waals surface area contributed by atoms with E-state index in [9.17, 15) is 4.79 Å². The maximum atomic E-state index is 12.5. The summed E-state index contributed by atoms with van der Waals surface area (Å²) in [6.07, 6.45) is 0. The van der Waals surface area contributed by atoms with E-state index in [0.717, 1.165) is 16.3 Å². The van der Waals surface area contributed by atoms with Gasteiger partial charge >= 0.3 is 0 Å². The Balaban J connectivity index is 1.53. The van der Waals surface area contributed by atoms with Crippen molar-refractivity contribution in [3.05, 3.63) is 59.9 Å². The summed E-state index contributed by atoms with van der Waals surface area (Å²) in [6.45, 7) is 1.84. The third-order valence-corrected chi connectivity index (χ3v) is 5.25. The second kappa shape index (κ2) is 7.94. The van der Waals surface area contributed by atoms with Crippen molar-refractivity contribution in [2.45, 2.75) is 6.92 Å². The number of anilines is 1. The molecule has 0 saturated heterocycles. The van der Waals surface area contributed by atoms with Crippen LogP contribution in [0.25, 0.3) is 15.5 Å². The van der Waals surface area contributed by atoms with Crippen LogP contribution in [-0.2, 0) is 0 Å². The van der Waals surface area contributed by atoms with Crippen molar-refractivity contribution in [2.75, 3.05) is 12.4 Å². The van der Waals surface area contributed by atoms with Crippen LogP contribution in [0.5, 0.6) is 5.75 Å². The van der Waals surface area contributed by atoms with Gasteiger partial charge in [-0.25, -0.2) is 0 Å². The van der Waals surface area contributed by atoms with Gasteiger partial charge in [0.05, 0.1) is 12.8 Å². The first-order chi connectivity index (χ1) is 14.0. The van der Waals surface area contributed by atoms with Crippen molar-refractivity contribution >= 4 is 45.2 Å². The molecule has 2 N–H and O–H groups in total. The fraction of sp³-hybridized carbons (Fsp3) is 0.105. The molecule has 0 saturated carbocycles.